The third kappa shape index (κ3) is 6.42. The van der Waals surface area contributed by atoms with Crippen molar-refractivity contribution in [3.8, 4) is 5.75 Å². The number of alkyl halides is 3. The summed E-state index contributed by atoms with van der Waals surface area (Å²) >= 11 is 0. The van der Waals surface area contributed by atoms with Gasteiger partial charge in [0.1, 0.15) is 5.75 Å². The van der Waals surface area contributed by atoms with Gasteiger partial charge in [0.2, 0.25) is 0 Å². The second kappa shape index (κ2) is 10.2. The number of nitrogens with zero attached hydrogens (tertiary/aromatic N) is 2. The molecule has 1 fully saturated rings. The van der Waals surface area contributed by atoms with Crippen LogP contribution in [0.5, 0.6) is 5.75 Å². The smallest absolute Gasteiger partial charge is 0.459 e. The molecule has 184 valence electrons. The molecule has 4 rings (SSSR count). The molecule has 1 aromatic heterocycles. The maximum absolute atomic E-state index is 13.1. The van der Waals surface area contributed by atoms with Crippen LogP contribution >= 0.6 is 0 Å². The van der Waals surface area contributed by atoms with Crippen LogP contribution in [0, 0.1) is 6.92 Å². The van der Waals surface area contributed by atoms with Gasteiger partial charge >= 0.3 is 6.36 Å². The van der Waals surface area contributed by atoms with Crippen molar-refractivity contribution in [2.45, 2.75) is 19.8 Å². The molecule has 0 atom stereocenters. The Morgan fingerprint density at radius 2 is 1.74 bits per heavy atom. The first-order chi connectivity index (χ1) is 16.7. The Morgan fingerprint density at radius 3 is 2.37 bits per heavy atom. The lowest BCUT2D eigenvalue weighted by molar-refractivity contribution is -0.274. The lowest BCUT2D eigenvalue weighted by atomic mass is 10.1. The van der Waals surface area contributed by atoms with E-state index in [1.165, 1.54) is 18.4 Å². The molecule has 2 aromatic carbocycles. The highest BCUT2D eigenvalue weighted by molar-refractivity contribution is 6.04. The number of amides is 2. The van der Waals surface area contributed by atoms with Crippen molar-refractivity contribution in [2.24, 2.45) is 0 Å². The predicted octanol–water partition coefficient (Wildman–Crippen LogP) is 4.70. The average molecular weight is 487 g/mol. The Bertz CT molecular complexity index is 1170. The lowest BCUT2D eigenvalue weighted by Gasteiger charge is -2.35. The van der Waals surface area contributed by atoms with Gasteiger partial charge in [-0.25, -0.2) is 0 Å². The number of ether oxygens (including phenoxy) is 1. The normalized spacial score (nSPS) is 14.6. The summed E-state index contributed by atoms with van der Waals surface area (Å²) in [6.45, 7) is 4.67. The van der Waals surface area contributed by atoms with Crippen LogP contribution in [0.1, 0.15) is 32.0 Å². The van der Waals surface area contributed by atoms with Crippen LogP contribution in [0.25, 0.3) is 0 Å². The number of piperazine rings is 1. The monoisotopic (exact) mass is 487 g/mol. The van der Waals surface area contributed by atoms with E-state index in [9.17, 15) is 22.8 Å². The summed E-state index contributed by atoms with van der Waals surface area (Å²) in [7, 11) is 0. The number of aryl methyl sites for hydroxylation is 1. The van der Waals surface area contributed by atoms with E-state index in [1.807, 2.05) is 6.92 Å². The van der Waals surface area contributed by atoms with Crippen molar-refractivity contribution in [3.63, 3.8) is 0 Å². The van der Waals surface area contributed by atoms with E-state index in [2.05, 4.69) is 15.0 Å². The fourth-order valence-electron chi connectivity index (χ4n) is 3.83. The van der Waals surface area contributed by atoms with E-state index in [4.69, 9.17) is 4.42 Å². The zero-order valence-electron chi connectivity index (χ0n) is 19.0. The number of anilines is 1. The molecule has 7 nitrogen and oxygen atoms in total. The van der Waals surface area contributed by atoms with Crippen LogP contribution in [0.2, 0.25) is 0 Å². The molecule has 0 radical (unpaired) electrons. The molecule has 1 aliphatic heterocycles. The minimum Gasteiger partial charge on any atom is -0.459 e. The Balaban J connectivity index is 1.32. The van der Waals surface area contributed by atoms with Crippen molar-refractivity contribution < 1.29 is 31.9 Å². The molecule has 1 N–H and O–H groups in total. The average Bonchev–Trinajstić information content (AvgIpc) is 3.36. The minimum atomic E-state index is -4.71. The highest BCUT2D eigenvalue weighted by Crippen LogP contribution is 2.24. The number of rotatable bonds is 6. The Kier molecular flexibility index (Phi) is 7.11. The van der Waals surface area contributed by atoms with Crippen molar-refractivity contribution in [1.29, 1.82) is 0 Å². The number of carbonyl (C=O) groups excluding carboxylic acids is 2. The highest BCUT2D eigenvalue weighted by atomic mass is 19.4. The van der Waals surface area contributed by atoms with E-state index in [0.29, 0.717) is 44.0 Å². The summed E-state index contributed by atoms with van der Waals surface area (Å²) in [5.41, 5.74) is 2.68. The van der Waals surface area contributed by atoms with Crippen LogP contribution in [0.3, 0.4) is 0 Å². The number of halogens is 3. The van der Waals surface area contributed by atoms with E-state index < -0.39 is 12.3 Å². The molecule has 0 spiro atoms. The van der Waals surface area contributed by atoms with Gasteiger partial charge < -0.3 is 19.4 Å². The lowest BCUT2D eigenvalue weighted by Crippen LogP contribution is -2.48. The number of nitrogens with one attached hydrogen (secondary N) is 1. The van der Waals surface area contributed by atoms with Gasteiger partial charge in [-0.05, 0) is 54.4 Å². The number of carbonyl (C=O) groups is 2. The molecule has 2 heterocycles. The number of benzene rings is 2. The van der Waals surface area contributed by atoms with Gasteiger partial charge in [-0.1, -0.05) is 18.2 Å². The summed E-state index contributed by atoms with van der Waals surface area (Å²) in [5, 5.41) is 2.78. The fraction of sp³-hybridized carbons (Fsp3) is 0.280. The van der Waals surface area contributed by atoms with Crippen molar-refractivity contribution in [3.05, 3.63) is 83.3 Å². The summed E-state index contributed by atoms with van der Waals surface area (Å²) in [5.74, 6) is -0.602. The SMILES string of the molecule is Cc1ccc(C(=O)N2CCN(Cc3ccc(OC(F)(F)F)cc3)CC2)cc1NC(=O)c1ccco1. The summed E-state index contributed by atoms with van der Waals surface area (Å²) < 4.78 is 45.9. The molecular weight excluding hydrogens is 463 g/mol. The first kappa shape index (κ1) is 24.3. The first-order valence-corrected chi connectivity index (χ1v) is 11.0. The molecule has 1 aliphatic rings. The quantitative estimate of drug-likeness (QED) is 0.546. The molecule has 10 heteroatoms. The van der Waals surface area contributed by atoms with Gasteiger partial charge in [-0.3, -0.25) is 14.5 Å². The zero-order valence-corrected chi connectivity index (χ0v) is 19.0. The highest BCUT2D eigenvalue weighted by Gasteiger charge is 2.31. The molecular formula is C25H24F3N3O4. The second-order valence-corrected chi connectivity index (χ2v) is 8.22. The van der Waals surface area contributed by atoms with Crippen LogP contribution in [-0.2, 0) is 6.54 Å². The minimum absolute atomic E-state index is 0.133. The van der Waals surface area contributed by atoms with Gasteiger partial charge in [0, 0.05) is 44.0 Å². The first-order valence-electron chi connectivity index (χ1n) is 11.0. The Morgan fingerprint density at radius 1 is 1.03 bits per heavy atom. The van der Waals surface area contributed by atoms with Gasteiger partial charge in [-0.2, -0.15) is 0 Å². The van der Waals surface area contributed by atoms with E-state index >= 15 is 0 Å². The summed E-state index contributed by atoms with van der Waals surface area (Å²) in [4.78, 5) is 29.3. The topological polar surface area (TPSA) is 75.0 Å². The third-order valence-corrected chi connectivity index (χ3v) is 5.70. The molecule has 1 saturated heterocycles. The summed E-state index contributed by atoms with van der Waals surface area (Å²) in [6, 6.07) is 14.2. The third-order valence-electron chi connectivity index (χ3n) is 5.70. The van der Waals surface area contributed by atoms with Crippen molar-refractivity contribution in [1.82, 2.24) is 9.80 Å². The van der Waals surface area contributed by atoms with Crippen LogP contribution < -0.4 is 10.1 Å². The van der Waals surface area contributed by atoms with Gasteiger partial charge in [0.05, 0.1) is 6.26 Å². The van der Waals surface area contributed by atoms with E-state index in [-0.39, 0.29) is 17.4 Å². The largest absolute Gasteiger partial charge is 0.573 e. The van der Waals surface area contributed by atoms with Crippen LogP contribution in [0.4, 0.5) is 18.9 Å². The molecule has 0 saturated carbocycles. The molecule has 3 aromatic rings. The standard InChI is InChI=1S/C25H24F3N3O4/c1-17-4-7-19(15-21(17)29-23(32)22-3-2-14-34-22)24(33)31-12-10-30(11-13-31)16-18-5-8-20(9-6-18)35-25(26,27)28/h2-9,14-15H,10-13,16H2,1H3,(H,29,32). The van der Waals surface area contributed by atoms with Gasteiger partial charge in [0.15, 0.2) is 5.76 Å². The number of hydrogen-bond donors (Lipinski definition) is 1. The van der Waals surface area contributed by atoms with Crippen LogP contribution in [0.15, 0.2) is 65.3 Å². The van der Waals surface area contributed by atoms with Crippen LogP contribution in [-0.4, -0.2) is 54.2 Å². The van der Waals surface area contributed by atoms with E-state index in [1.54, 1.807) is 47.4 Å². The number of hydrogen-bond acceptors (Lipinski definition) is 5. The van der Waals surface area contributed by atoms with Crippen molar-refractivity contribution >= 4 is 17.5 Å². The van der Waals surface area contributed by atoms with Gasteiger partial charge in [-0.15, -0.1) is 13.2 Å². The number of furan rings is 1. The van der Waals surface area contributed by atoms with E-state index in [0.717, 1.165) is 11.1 Å². The Hall–Kier alpha value is -3.79. The fourth-order valence-corrected chi connectivity index (χ4v) is 3.83. The predicted molar refractivity (Wildman–Crippen MR) is 122 cm³/mol. The zero-order chi connectivity index (χ0) is 25.0. The molecule has 0 bridgehead atoms. The molecule has 0 aliphatic carbocycles. The van der Waals surface area contributed by atoms with Gasteiger partial charge in [0.25, 0.3) is 11.8 Å². The van der Waals surface area contributed by atoms with Crippen molar-refractivity contribution in [2.75, 3.05) is 31.5 Å². The summed E-state index contributed by atoms with van der Waals surface area (Å²) in [6.07, 6.45) is -3.30. The molecule has 2 amide bonds. The maximum atomic E-state index is 13.1. The molecule has 35 heavy (non-hydrogen) atoms. The molecule has 0 unspecified atom stereocenters. The second-order valence-electron chi connectivity index (χ2n) is 8.22. The maximum Gasteiger partial charge on any atom is 0.573 e. The Labute approximate surface area is 200 Å².